The van der Waals surface area contributed by atoms with Gasteiger partial charge in [0.15, 0.2) is 5.76 Å². The van der Waals surface area contributed by atoms with Gasteiger partial charge in [0.05, 0.1) is 0 Å². The van der Waals surface area contributed by atoms with Gasteiger partial charge < -0.3 is 19.7 Å². The Morgan fingerprint density at radius 1 is 1.12 bits per heavy atom. The highest BCUT2D eigenvalue weighted by Crippen LogP contribution is 2.27. The monoisotopic (exact) mass is 338 g/mol. The van der Waals surface area contributed by atoms with Crippen molar-refractivity contribution in [3.8, 4) is 0 Å². The number of amides is 1. The first-order valence-electron chi connectivity index (χ1n) is 8.25. The lowest BCUT2D eigenvalue weighted by molar-refractivity contribution is 0.0996. The van der Waals surface area contributed by atoms with Crippen LogP contribution < -0.4 is 5.32 Å². The number of rotatable bonds is 6. The number of fused-ring (bicyclic) bond motifs is 1. The third-order valence-electron chi connectivity index (χ3n) is 3.99. The maximum absolute atomic E-state index is 12.7. The van der Waals surface area contributed by atoms with Crippen molar-refractivity contribution >= 4 is 22.6 Å². The molecule has 130 valence electrons. The topological polar surface area (TPSA) is 65.7 Å². The first kappa shape index (κ1) is 17.2. The molecule has 5 heteroatoms. The van der Waals surface area contributed by atoms with Gasteiger partial charge >= 0.3 is 0 Å². The minimum Gasteiger partial charge on any atom is -0.451 e. The summed E-state index contributed by atoms with van der Waals surface area (Å²) in [6.45, 7) is 0.730. The van der Waals surface area contributed by atoms with Gasteiger partial charge in [0, 0.05) is 29.8 Å². The summed E-state index contributed by atoms with van der Waals surface area (Å²) >= 11 is 0. The molecule has 1 amide bonds. The van der Waals surface area contributed by atoms with Gasteiger partial charge in [-0.25, -0.2) is 0 Å². The Kier molecular flexibility index (Phi) is 5.16. The summed E-state index contributed by atoms with van der Waals surface area (Å²) < 4.78 is 5.82. The van der Waals surface area contributed by atoms with Crippen LogP contribution in [0.15, 0.2) is 52.9 Å². The van der Waals surface area contributed by atoms with Crippen LogP contribution >= 0.6 is 0 Å². The summed E-state index contributed by atoms with van der Waals surface area (Å²) in [6.07, 6.45) is 0.602. The summed E-state index contributed by atoms with van der Waals surface area (Å²) in [5, 5.41) is 12.8. The average Bonchev–Trinajstić information content (AvgIpc) is 2.95. The van der Waals surface area contributed by atoms with Crippen molar-refractivity contribution in [1.82, 2.24) is 4.90 Å². The number of aliphatic hydroxyl groups excluding tert-OH is 1. The fraction of sp³-hybridized carbons (Fsp3) is 0.250. The van der Waals surface area contributed by atoms with Crippen LogP contribution in [0, 0.1) is 0 Å². The van der Waals surface area contributed by atoms with Gasteiger partial charge in [0.1, 0.15) is 5.58 Å². The lowest BCUT2D eigenvalue weighted by atomic mass is 10.1. The number of hydrogen-bond donors (Lipinski definition) is 2. The molecule has 0 radical (unpaired) electrons. The Balaban J connectivity index is 1.88. The van der Waals surface area contributed by atoms with E-state index in [0.717, 1.165) is 16.5 Å². The molecule has 3 aromatic rings. The molecule has 2 N–H and O–H groups in total. The zero-order valence-electron chi connectivity index (χ0n) is 14.5. The van der Waals surface area contributed by atoms with Gasteiger partial charge in [0.2, 0.25) is 0 Å². The molecule has 1 heterocycles. The molecule has 0 fully saturated rings. The van der Waals surface area contributed by atoms with Gasteiger partial charge in [0.25, 0.3) is 5.91 Å². The molecule has 0 bridgehead atoms. The smallest absolute Gasteiger partial charge is 0.291 e. The molecule has 5 nitrogen and oxygen atoms in total. The second-order valence-corrected chi connectivity index (χ2v) is 6.27. The number of nitrogens with one attached hydrogen (secondary N) is 1. The fourth-order valence-electron chi connectivity index (χ4n) is 2.83. The van der Waals surface area contributed by atoms with Crippen molar-refractivity contribution < 1.29 is 14.3 Å². The second-order valence-electron chi connectivity index (χ2n) is 6.27. The lowest BCUT2D eigenvalue weighted by Gasteiger charge is -2.10. The van der Waals surface area contributed by atoms with E-state index in [1.165, 1.54) is 0 Å². The fourth-order valence-corrected chi connectivity index (χ4v) is 2.83. The quantitative estimate of drug-likeness (QED) is 0.724. The minimum atomic E-state index is -0.261. The summed E-state index contributed by atoms with van der Waals surface area (Å²) in [5.41, 5.74) is 3.32. The van der Waals surface area contributed by atoms with Gasteiger partial charge in [-0.15, -0.1) is 0 Å². The van der Waals surface area contributed by atoms with Crippen LogP contribution in [0.1, 0.15) is 21.7 Å². The molecular formula is C20H22N2O3. The Labute approximate surface area is 146 Å². The van der Waals surface area contributed by atoms with Gasteiger partial charge in [-0.05, 0) is 44.3 Å². The molecule has 0 spiro atoms. The molecule has 2 aromatic carbocycles. The van der Waals surface area contributed by atoms with Crippen LogP contribution in [0.5, 0.6) is 0 Å². The number of carbonyl (C=O) groups is 1. The van der Waals surface area contributed by atoms with Crippen LogP contribution in [0.3, 0.4) is 0 Å². The lowest BCUT2D eigenvalue weighted by Crippen LogP contribution is -2.17. The maximum atomic E-state index is 12.7. The number of furan rings is 1. The predicted molar refractivity (Wildman–Crippen MR) is 98.8 cm³/mol. The number of carbonyl (C=O) groups excluding carboxylic acids is 1. The molecule has 0 saturated heterocycles. The Hall–Kier alpha value is -2.63. The minimum absolute atomic E-state index is 0.110. The molecule has 25 heavy (non-hydrogen) atoms. The van der Waals surface area contributed by atoms with Crippen molar-refractivity contribution in [1.29, 1.82) is 0 Å². The Morgan fingerprint density at radius 3 is 2.52 bits per heavy atom. The standard InChI is InChI=1S/C20H22N2O3/c1-22(2)13-17-16-5-3-4-6-18(16)25-19(17)20(24)21-15-9-7-14(8-10-15)11-12-23/h3-10,23H,11-13H2,1-2H3,(H,21,24). The summed E-state index contributed by atoms with van der Waals surface area (Å²) in [7, 11) is 3.92. The van der Waals surface area contributed by atoms with E-state index in [0.29, 0.717) is 30.0 Å². The zero-order valence-corrected chi connectivity index (χ0v) is 14.5. The Bertz CT molecular complexity index is 866. The molecule has 0 aliphatic heterocycles. The Morgan fingerprint density at radius 2 is 1.84 bits per heavy atom. The first-order valence-corrected chi connectivity index (χ1v) is 8.25. The van der Waals surface area contributed by atoms with Crippen molar-refractivity contribution in [2.45, 2.75) is 13.0 Å². The highest BCUT2D eigenvalue weighted by atomic mass is 16.3. The van der Waals surface area contributed by atoms with E-state index in [1.54, 1.807) is 0 Å². The van der Waals surface area contributed by atoms with Crippen molar-refractivity contribution in [3.63, 3.8) is 0 Å². The number of hydrogen-bond acceptors (Lipinski definition) is 4. The van der Waals surface area contributed by atoms with E-state index in [9.17, 15) is 4.79 Å². The molecule has 0 atom stereocenters. The van der Waals surface area contributed by atoms with Gasteiger partial charge in [-0.1, -0.05) is 30.3 Å². The summed E-state index contributed by atoms with van der Waals surface area (Å²) in [4.78, 5) is 14.7. The molecular weight excluding hydrogens is 316 g/mol. The summed E-state index contributed by atoms with van der Waals surface area (Å²) in [5.74, 6) is 0.0808. The third kappa shape index (κ3) is 3.90. The number of benzene rings is 2. The van der Waals surface area contributed by atoms with E-state index < -0.39 is 0 Å². The van der Waals surface area contributed by atoms with Crippen molar-refractivity contribution in [2.75, 3.05) is 26.0 Å². The largest absolute Gasteiger partial charge is 0.451 e. The zero-order chi connectivity index (χ0) is 17.8. The van der Waals surface area contributed by atoms with Crippen molar-refractivity contribution in [3.05, 3.63) is 65.4 Å². The number of para-hydroxylation sites is 1. The van der Waals surface area contributed by atoms with Crippen LogP contribution in [-0.4, -0.2) is 36.6 Å². The maximum Gasteiger partial charge on any atom is 0.291 e. The van der Waals surface area contributed by atoms with Crippen LogP contribution in [0.4, 0.5) is 5.69 Å². The van der Waals surface area contributed by atoms with E-state index in [4.69, 9.17) is 9.52 Å². The number of aliphatic hydroxyl groups is 1. The van der Waals surface area contributed by atoms with Gasteiger partial charge in [-0.3, -0.25) is 4.79 Å². The molecule has 3 rings (SSSR count). The van der Waals surface area contributed by atoms with E-state index >= 15 is 0 Å². The first-order chi connectivity index (χ1) is 12.1. The van der Waals surface area contributed by atoms with E-state index in [-0.39, 0.29) is 12.5 Å². The molecule has 0 aliphatic carbocycles. The highest BCUT2D eigenvalue weighted by Gasteiger charge is 2.20. The van der Waals surface area contributed by atoms with Crippen LogP contribution in [-0.2, 0) is 13.0 Å². The predicted octanol–water partition coefficient (Wildman–Crippen LogP) is 3.28. The number of nitrogens with zero attached hydrogens (tertiary/aromatic N) is 1. The molecule has 1 aromatic heterocycles. The third-order valence-corrected chi connectivity index (χ3v) is 3.99. The summed E-state index contributed by atoms with van der Waals surface area (Å²) in [6, 6.07) is 15.1. The SMILES string of the molecule is CN(C)Cc1c(C(=O)Nc2ccc(CCO)cc2)oc2ccccc12. The highest BCUT2D eigenvalue weighted by molar-refractivity contribution is 6.06. The average molecular weight is 338 g/mol. The second kappa shape index (κ2) is 7.51. The normalized spacial score (nSPS) is 11.2. The van der Waals surface area contributed by atoms with Crippen molar-refractivity contribution in [2.24, 2.45) is 0 Å². The molecule has 0 unspecified atom stereocenters. The van der Waals surface area contributed by atoms with E-state index in [2.05, 4.69) is 5.32 Å². The molecule has 0 aliphatic rings. The number of anilines is 1. The van der Waals surface area contributed by atoms with E-state index in [1.807, 2.05) is 67.5 Å². The van der Waals surface area contributed by atoms with Crippen LogP contribution in [0.2, 0.25) is 0 Å². The van der Waals surface area contributed by atoms with Crippen LogP contribution in [0.25, 0.3) is 11.0 Å². The molecule has 0 saturated carbocycles. The van der Waals surface area contributed by atoms with Gasteiger partial charge in [-0.2, -0.15) is 0 Å².